The number of hydrogen-bond donors (Lipinski definition) is 1. The molecule has 1 aromatic heterocycles. The van der Waals surface area contributed by atoms with Gasteiger partial charge in [-0.25, -0.2) is 4.98 Å². The van der Waals surface area contributed by atoms with E-state index in [-0.39, 0.29) is 6.04 Å². The Kier molecular flexibility index (Phi) is 2.84. The molecule has 1 fully saturated rings. The van der Waals surface area contributed by atoms with E-state index < -0.39 is 0 Å². The van der Waals surface area contributed by atoms with E-state index in [0.29, 0.717) is 5.92 Å². The van der Waals surface area contributed by atoms with Crippen LogP contribution in [0.2, 0.25) is 0 Å². The van der Waals surface area contributed by atoms with Crippen LogP contribution in [-0.4, -0.2) is 22.8 Å². The highest BCUT2D eigenvalue weighted by molar-refractivity contribution is 5.00. The minimum absolute atomic E-state index is 0.0545. The number of rotatable bonds is 2. The van der Waals surface area contributed by atoms with Crippen LogP contribution in [0.3, 0.4) is 0 Å². The third kappa shape index (κ3) is 1.81. The van der Waals surface area contributed by atoms with Gasteiger partial charge in [-0.1, -0.05) is 0 Å². The smallest absolute Gasteiger partial charge is 0.125 e. The Balaban J connectivity index is 2.07. The number of aromatic nitrogens is 2. The molecule has 4 nitrogen and oxygen atoms in total. The fourth-order valence-electron chi connectivity index (χ4n) is 1.98. The lowest BCUT2D eigenvalue weighted by Gasteiger charge is -2.27. The van der Waals surface area contributed by atoms with Crippen LogP contribution >= 0.6 is 0 Å². The molecule has 2 heterocycles. The maximum atomic E-state index is 6.18. The lowest BCUT2D eigenvalue weighted by atomic mass is 9.92. The van der Waals surface area contributed by atoms with E-state index in [9.17, 15) is 0 Å². The van der Waals surface area contributed by atoms with Gasteiger partial charge in [0.2, 0.25) is 0 Å². The van der Waals surface area contributed by atoms with Crippen molar-refractivity contribution in [1.29, 1.82) is 0 Å². The van der Waals surface area contributed by atoms with Crippen molar-refractivity contribution >= 4 is 0 Å². The first kappa shape index (κ1) is 9.68. The Labute approximate surface area is 84.1 Å². The molecule has 2 rings (SSSR count). The lowest BCUT2D eigenvalue weighted by Crippen LogP contribution is -2.29. The molecule has 1 aliphatic rings. The largest absolute Gasteiger partial charge is 0.381 e. The van der Waals surface area contributed by atoms with Crippen LogP contribution in [0, 0.1) is 5.92 Å². The van der Waals surface area contributed by atoms with Gasteiger partial charge in [0.25, 0.3) is 0 Å². The SMILES string of the molecule is Cn1ccnc1C(N)C1CCOCC1. The summed E-state index contributed by atoms with van der Waals surface area (Å²) in [6.45, 7) is 1.67. The minimum Gasteiger partial charge on any atom is -0.381 e. The topological polar surface area (TPSA) is 53.1 Å². The summed E-state index contributed by atoms with van der Waals surface area (Å²) < 4.78 is 7.31. The van der Waals surface area contributed by atoms with Crippen LogP contribution in [-0.2, 0) is 11.8 Å². The average molecular weight is 195 g/mol. The van der Waals surface area contributed by atoms with Crippen molar-refractivity contribution in [2.75, 3.05) is 13.2 Å². The molecule has 0 aromatic carbocycles. The molecule has 4 heteroatoms. The first-order valence-corrected chi connectivity index (χ1v) is 5.09. The molecule has 1 atom stereocenters. The highest BCUT2D eigenvalue weighted by Gasteiger charge is 2.24. The van der Waals surface area contributed by atoms with Crippen LogP contribution in [0.25, 0.3) is 0 Å². The zero-order valence-corrected chi connectivity index (χ0v) is 8.52. The highest BCUT2D eigenvalue weighted by Crippen LogP contribution is 2.26. The monoisotopic (exact) mass is 195 g/mol. The van der Waals surface area contributed by atoms with E-state index in [0.717, 1.165) is 31.9 Å². The summed E-state index contributed by atoms with van der Waals surface area (Å²) in [6, 6.07) is 0.0545. The molecule has 0 radical (unpaired) electrons. The number of hydrogen-bond acceptors (Lipinski definition) is 3. The van der Waals surface area contributed by atoms with Crippen molar-refractivity contribution in [2.24, 2.45) is 18.7 Å². The molecular weight excluding hydrogens is 178 g/mol. The van der Waals surface area contributed by atoms with Crippen molar-refractivity contribution in [1.82, 2.24) is 9.55 Å². The number of nitrogens with two attached hydrogens (primary N) is 1. The fraction of sp³-hybridized carbons (Fsp3) is 0.700. The second kappa shape index (κ2) is 4.11. The predicted octanol–water partition coefficient (Wildman–Crippen LogP) is 0.846. The molecule has 0 saturated carbocycles. The minimum atomic E-state index is 0.0545. The van der Waals surface area contributed by atoms with E-state index in [1.54, 1.807) is 6.20 Å². The number of nitrogens with zero attached hydrogens (tertiary/aromatic N) is 2. The summed E-state index contributed by atoms with van der Waals surface area (Å²) in [5, 5.41) is 0. The van der Waals surface area contributed by atoms with Gasteiger partial charge in [-0.05, 0) is 18.8 Å². The Hall–Kier alpha value is -0.870. The quantitative estimate of drug-likeness (QED) is 0.761. The van der Waals surface area contributed by atoms with Crippen LogP contribution in [0.15, 0.2) is 12.4 Å². The Morgan fingerprint density at radius 2 is 2.29 bits per heavy atom. The van der Waals surface area contributed by atoms with Gasteiger partial charge < -0.3 is 15.0 Å². The summed E-state index contributed by atoms with van der Waals surface area (Å²) in [6.07, 6.45) is 5.84. The summed E-state index contributed by atoms with van der Waals surface area (Å²) in [5.74, 6) is 1.50. The maximum absolute atomic E-state index is 6.18. The zero-order chi connectivity index (χ0) is 9.97. The molecule has 0 amide bonds. The Morgan fingerprint density at radius 1 is 1.57 bits per heavy atom. The van der Waals surface area contributed by atoms with Crippen LogP contribution < -0.4 is 5.73 Å². The third-order valence-corrected chi connectivity index (χ3v) is 2.93. The standard InChI is InChI=1S/C10H17N3O/c1-13-5-4-12-10(13)9(11)8-2-6-14-7-3-8/h4-5,8-9H,2-3,6-7,11H2,1H3. The Bertz CT molecular complexity index is 291. The molecule has 0 bridgehead atoms. The fourth-order valence-corrected chi connectivity index (χ4v) is 1.98. The number of imidazole rings is 1. The molecule has 0 aliphatic carbocycles. The summed E-state index contributed by atoms with van der Waals surface area (Å²) >= 11 is 0. The second-order valence-electron chi connectivity index (χ2n) is 3.87. The van der Waals surface area contributed by atoms with Crippen molar-refractivity contribution in [2.45, 2.75) is 18.9 Å². The van der Waals surface area contributed by atoms with Crippen molar-refractivity contribution in [3.8, 4) is 0 Å². The van der Waals surface area contributed by atoms with Gasteiger partial charge in [-0.2, -0.15) is 0 Å². The van der Waals surface area contributed by atoms with E-state index in [2.05, 4.69) is 4.98 Å². The van der Waals surface area contributed by atoms with Gasteiger partial charge in [0, 0.05) is 32.7 Å². The van der Waals surface area contributed by atoms with E-state index in [1.165, 1.54) is 0 Å². The lowest BCUT2D eigenvalue weighted by molar-refractivity contribution is 0.0572. The summed E-state index contributed by atoms with van der Waals surface area (Å²) in [4.78, 5) is 4.29. The predicted molar refractivity (Wildman–Crippen MR) is 53.7 cm³/mol. The molecule has 0 spiro atoms. The van der Waals surface area contributed by atoms with Crippen molar-refractivity contribution in [3.63, 3.8) is 0 Å². The molecular formula is C10H17N3O. The molecule has 14 heavy (non-hydrogen) atoms. The van der Waals surface area contributed by atoms with Crippen molar-refractivity contribution < 1.29 is 4.74 Å². The first-order chi connectivity index (χ1) is 6.79. The van der Waals surface area contributed by atoms with Gasteiger partial charge in [0.15, 0.2) is 0 Å². The zero-order valence-electron chi connectivity index (χ0n) is 8.52. The van der Waals surface area contributed by atoms with Gasteiger partial charge in [0.1, 0.15) is 5.82 Å². The molecule has 2 N–H and O–H groups in total. The van der Waals surface area contributed by atoms with Crippen molar-refractivity contribution in [3.05, 3.63) is 18.2 Å². The Morgan fingerprint density at radius 3 is 2.86 bits per heavy atom. The van der Waals surface area contributed by atoms with E-state index in [4.69, 9.17) is 10.5 Å². The van der Waals surface area contributed by atoms with Gasteiger partial charge >= 0.3 is 0 Å². The van der Waals surface area contributed by atoms with Crippen LogP contribution in [0.5, 0.6) is 0 Å². The molecule has 1 aromatic rings. The van der Waals surface area contributed by atoms with Crippen LogP contribution in [0.1, 0.15) is 24.7 Å². The van der Waals surface area contributed by atoms with Gasteiger partial charge in [-0.15, -0.1) is 0 Å². The molecule has 78 valence electrons. The number of aryl methyl sites for hydroxylation is 1. The molecule has 1 saturated heterocycles. The molecule has 1 aliphatic heterocycles. The van der Waals surface area contributed by atoms with Crippen LogP contribution in [0.4, 0.5) is 0 Å². The van der Waals surface area contributed by atoms with Gasteiger partial charge in [0.05, 0.1) is 6.04 Å². The van der Waals surface area contributed by atoms with Gasteiger partial charge in [-0.3, -0.25) is 0 Å². The second-order valence-corrected chi connectivity index (χ2v) is 3.87. The third-order valence-electron chi connectivity index (χ3n) is 2.93. The normalized spacial score (nSPS) is 21.0. The van der Waals surface area contributed by atoms with E-state index >= 15 is 0 Å². The highest BCUT2D eigenvalue weighted by atomic mass is 16.5. The average Bonchev–Trinajstić information content (AvgIpc) is 2.65. The molecule has 1 unspecified atom stereocenters. The summed E-state index contributed by atoms with van der Waals surface area (Å²) in [5.41, 5.74) is 6.18. The summed E-state index contributed by atoms with van der Waals surface area (Å²) in [7, 11) is 1.99. The maximum Gasteiger partial charge on any atom is 0.125 e. The number of ether oxygens (including phenoxy) is 1. The first-order valence-electron chi connectivity index (χ1n) is 5.09. The van der Waals surface area contributed by atoms with E-state index in [1.807, 2.05) is 17.8 Å².